The van der Waals surface area contributed by atoms with Crippen LogP contribution in [0.4, 0.5) is 5.69 Å². The summed E-state index contributed by atoms with van der Waals surface area (Å²) in [6.45, 7) is 1.81. The Morgan fingerprint density at radius 1 is 1.33 bits per heavy atom. The number of carbonyl (C=O) groups is 1. The quantitative estimate of drug-likeness (QED) is 0.792. The molecule has 1 aromatic carbocycles. The molecule has 2 aromatic heterocycles. The van der Waals surface area contributed by atoms with Gasteiger partial charge in [0.2, 0.25) is 0 Å². The lowest BCUT2D eigenvalue weighted by Gasteiger charge is -2.11. The third-order valence-electron chi connectivity index (χ3n) is 4.23. The molecule has 0 aliphatic heterocycles. The van der Waals surface area contributed by atoms with Crippen LogP contribution in [0.5, 0.6) is 5.75 Å². The maximum atomic E-state index is 12.9. The van der Waals surface area contributed by atoms with Crippen LogP contribution in [0.3, 0.4) is 0 Å². The molecule has 1 N–H and O–H groups in total. The number of para-hydroxylation sites is 2. The SMILES string of the molecule is COc1ccccc1NC(=O)c1cc(C2CC2)nc2onc(C)c12. The largest absolute Gasteiger partial charge is 0.495 e. The van der Waals surface area contributed by atoms with Crippen molar-refractivity contribution in [2.45, 2.75) is 25.7 Å². The van der Waals surface area contributed by atoms with Crippen LogP contribution < -0.4 is 10.1 Å². The van der Waals surface area contributed by atoms with Crippen molar-refractivity contribution in [2.24, 2.45) is 0 Å². The van der Waals surface area contributed by atoms with Crippen LogP contribution in [0, 0.1) is 6.92 Å². The number of methoxy groups -OCH3 is 1. The van der Waals surface area contributed by atoms with Crippen molar-refractivity contribution >= 4 is 22.7 Å². The number of amides is 1. The molecule has 0 unspecified atom stereocenters. The lowest BCUT2D eigenvalue weighted by atomic mass is 10.1. The maximum absolute atomic E-state index is 12.9. The summed E-state index contributed by atoms with van der Waals surface area (Å²) < 4.78 is 10.6. The molecule has 2 heterocycles. The van der Waals surface area contributed by atoms with Gasteiger partial charge in [0.1, 0.15) is 5.75 Å². The summed E-state index contributed by atoms with van der Waals surface area (Å²) in [7, 11) is 1.57. The Balaban J connectivity index is 1.77. The first kappa shape index (κ1) is 14.7. The highest BCUT2D eigenvalue weighted by Crippen LogP contribution is 2.40. The molecule has 0 saturated heterocycles. The van der Waals surface area contributed by atoms with Crippen LogP contribution in [0.15, 0.2) is 34.9 Å². The minimum absolute atomic E-state index is 0.222. The van der Waals surface area contributed by atoms with E-state index in [0.717, 1.165) is 18.5 Å². The van der Waals surface area contributed by atoms with E-state index in [2.05, 4.69) is 15.5 Å². The smallest absolute Gasteiger partial charge is 0.259 e. The van der Waals surface area contributed by atoms with Crippen molar-refractivity contribution in [2.75, 3.05) is 12.4 Å². The molecular weight excluding hydrogens is 306 g/mol. The maximum Gasteiger partial charge on any atom is 0.259 e. The molecule has 1 fully saturated rings. The van der Waals surface area contributed by atoms with Gasteiger partial charge >= 0.3 is 0 Å². The molecule has 1 aliphatic carbocycles. The Labute approximate surface area is 138 Å². The van der Waals surface area contributed by atoms with Crippen LogP contribution in [0.25, 0.3) is 11.1 Å². The van der Waals surface area contributed by atoms with E-state index in [0.29, 0.717) is 39.7 Å². The number of aryl methyl sites for hydroxylation is 1. The fraction of sp³-hybridized carbons (Fsp3) is 0.278. The van der Waals surface area contributed by atoms with Gasteiger partial charge in [-0.05, 0) is 38.0 Å². The molecule has 122 valence electrons. The molecule has 0 atom stereocenters. The topological polar surface area (TPSA) is 77.2 Å². The Morgan fingerprint density at radius 3 is 2.88 bits per heavy atom. The molecule has 0 radical (unpaired) electrons. The monoisotopic (exact) mass is 323 g/mol. The Bertz CT molecular complexity index is 928. The summed E-state index contributed by atoms with van der Waals surface area (Å²) in [6.07, 6.45) is 2.19. The molecule has 0 bridgehead atoms. The molecule has 4 rings (SSSR count). The first-order valence-electron chi connectivity index (χ1n) is 7.88. The third-order valence-corrected chi connectivity index (χ3v) is 4.23. The van der Waals surface area contributed by atoms with Crippen molar-refractivity contribution in [3.05, 3.63) is 47.3 Å². The zero-order chi connectivity index (χ0) is 16.7. The van der Waals surface area contributed by atoms with E-state index in [-0.39, 0.29) is 5.91 Å². The highest BCUT2D eigenvalue weighted by Gasteiger charge is 2.28. The van der Waals surface area contributed by atoms with Crippen molar-refractivity contribution < 1.29 is 14.1 Å². The third kappa shape index (κ3) is 2.50. The van der Waals surface area contributed by atoms with Gasteiger partial charge in [0.15, 0.2) is 0 Å². The van der Waals surface area contributed by atoms with Gasteiger partial charge in [0.25, 0.3) is 11.6 Å². The molecule has 1 aliphatic rings. The van der Waals surface area contributed by atoms with Gasteiger partial charge in [-0.3, -0.25) is 4.79 Å². The van der Waals surface area contributed by atoms with Gasteiger partial charge in [-0.1, -0.05) is 17.3 Å². The summed E-state index contributed by atoms with van der Waals surface area (Å²) >= 11 is 0. The molecule has 0 spiro atoms. The Kier molecular flexibility index (Phi) is 3.45. The second kappa shape index (κ2) is 5.63. The average Bonchev–Trinajstić information content (AvgIpc) is 3.38. The predicted molar refractivity (Wildman–Crippen MR) is 89.5 cm³/mol. The van der Waals surface area contributed by atoms with Crippen LogP contribution in [-0.2, 0) is 0 Å². The van der Waals surface area contributed by atoms with E-state index in [1.165, 1.54) is 0 Å². The molecule has 6 heteroatoms. The normalized spacial score (nSPS) is 13.9. The zero-order valence-electron chi connectivity index (χ0n) is 13.5. The van der Waals surface area contributed by atoms with Gasteiger partial charge in [-0.2, -0.15) is 0 Å². The second-order valence-corrected chi connectivity index (χ2v) is 5.97. The van der Waals surface area contributed by atoms with E-state index >= 15 is 0 Å². The average molecular weight is 323 g/mol. The summed E-state index contributed by atoms with van der Waals surface area (Å²) in [4.78, 5) is 17.4. The number of rotatable bonds is 4. The Hall–Kier alpha value is -2.89. The number of nitrogens with one attached hydrogen (secondary N) is 1. The number of fused-ring (bicyclic) bond motifs is 1. The second-order valence-electron chi connectivity index (χ2n) is 5.97. The first-order valence-corrected chi connectivity index (χ1v) is 7.88. The van der Waals surface area contributed by atoms with Gasteiger partial charge in [0, 0.05) is 11.6 Å². The van der Waals surface area contributed by atoms with Crippen LogP contribution in [0.1, 0.15) is 40.5 Å². The molecule has 24 heavy (non-hydrogen) atoms. The van der Waals surface area contributed by atoms with Crippen molar-refractivity contribution in [3.63, 3.8) is 0 Å². The minimum Gasteiger partial charge on any atom is -0.495 e. The Morgan fingerprint density at radius 2 is 2.12 bits per heavy atom. The van der Waals surface area contributed by atoms with E-state index in [1.807, 2.05) is 25.1 Å². The molecule has 1 amide bonds. The molecule has 3 aromatic rings. The van der Waals surface area contributed by atoms with E-state index < -0.39 is 0 Å². The van der Waals surface area contributed by atoms with Gasteiger partial charge in [-0.15, -0.1) is 0 Å². The number of benzene rings is 1. The highest BCUT2D eigenvalue weighted by atomic mass is 16.5. The first-order chi connectivity index (χ1) is 11.7. The van der Waals surface area contributed by atoms with Gasteiger partial charge in [0.05, 0.1) is 29.4 Å². The summed E-state index contributed by atoms with van der Waals surface area (Å²) in [5.74, 6) is 0.804. The van der Waals surface area contributed by atoms with Crippen LogP contribution in [-0.4, -0.2) is 23.2 Å². The van der Waals surface area contributed by atoms with Crippen molar-refractivity contribution in [1.29, 1.82) is 0 Å². The molecular formula is C18H17N3O3. The predicted octanol–water partition coefficient (Wildman–Crippen LogP) is 3.67. The van der Waals surface area contributed by atoms with Gasteiger partial charge < -0.3 is 14.6 Å². The lowest BCUT2D eigenvalue weighted by Crippen LogP contribution is -2.14. The van der Waals surface area contributed by atoms with E-state index in [4.69, 9.17) is 9.26 Å². The number of nitrogens with zero attached hydrogens (tertiary/aromatic N) is 2. The zero-order valence-corrected chi connectivity index (χ0v) is 13.5. The van der Waals surface area contributed by atoms with Gasteiger partial charge in [-0.25, -0.2) is 4.98 Å². The number of anilines is 1. The number of hydrogen-bond donors (Lipinski definition) is 1. The molecule has 6 nitrogen and oxygen atoms in total. The van der Waals surface area contributed by atoms with Crippen molar-refractivity contribution in [3.8, 4) is 5.75 Å². The fourth-order valence-corrected chi connectivity index (χ4v) is 2.82. The summed E-state index contributed by atoms with van der Waals surface area (Å²) in [5.41, 5.74) is 3.12. The number of pyridine rings is 1. The van der Waals surface area contributed by atoms with Crippen molar-refractivity contribution in [1.82, 2.24) is 10.1 Å². The van der Waals surface area contributed by atoms with E-state index in [9.17, 15) is 4.79 Å². The molecule has 1 saturated carbocycles. The fourth-order valence-electron chi connectivity index (χ4n) is 2.82. The number of carbonyl (C=O) groups excluding carboxylic acids is 1. The summed E-state index contributed by atoms with van der Waals surface area (Å²) in [5, 5.41) is 7.53. The summed E-state index contributed by atoms with van der Waals surface area (Å²) in [6, 6.07) is 9.17. The number of aromatic nitrogens is 2. The minimum atomic E-state index is -0.222. The number of hydrogen-bond acceptors (Lipinski definition) is 5. The van der Waals surface area contributed by atoms with Crippen LogP contribution in [0.2, 0.25) is 0 Å². The van der Waals surface area contributed by atoms with Crippen LogP contribution >= 0.6 is 0 Å². The lowest BCUT2D eigenvalue weighted by molar-refractivity contribution is 0.102. The standard InChI is InChI=1S/C18H17N3O3/c1-10-16-12(9-14(11-7-8-11)20-18(16)24-21-10)17(22)19-13-5-3-4-6-15(13)23-2/h3-6,9,11H,7-8H2,1-2H3,(H,19,22). The van der Waals surface area contributed by atoms with E-state index in [1.54, 1.807) is 19.2 Å². The number of ether oxygens (including phenoxy) is 1. The highest BCUT2D eigenvalue weighted by molar-refractivity contribution is 6.12.